The molecule has 0 spiro atoms. The Balaban J connectivity index is 1.86. The van der Waals surface area contributed by atoms with Gasteiger partial charge in [-0.1, -0.05) is 6.07 Å². The van der Waals surface area contributed by atoms with Gasteiger partial charge in [0.05, 0.1) is 5.69 Å². The average molecular weight is 333 g/mol. The van der Waals surface area contributed by atoms with Gasteiger partial charge in [-0.05, 0) is 77.0 Å². The fraction of sp³-hybridized carbons (Fsp3) is 0.632. The topological polar surface area (TPSA) is 53.6 Å². The molecule has 1 amide bonds. The number of rotatable bonds is 8. The third-order valence-electron chi connectivity index (χ3n) is 4.45. The summed E-state index contributed by atoms with van der Waals surface area (Å²) in [4.78, 5) is 14.4. The molecule has 0 aliphatic carbocycles. The Bertz CT molecular complexity index is 525. The van der Waals surface area contributed by atoms with Gasteiger partial charge in [-0.15, -0.1) is 0 Å². The standard InChI is InChI=1S/C19H31N3O2/c1-15-4-6-17(18(14-15)24-13-12-22(2)3)21-19(23)7-5-16-8-10-20-11-9-16/h4,6,14,16,20H,5,7-13H2,1-3H3,(H,21,23). The molecule has 2 N–H and O–H groups in total. The summed E-state index contributed by atoms with van der Waals surface area (Å²) in [5.74, 6) is 1.51. The lowest BCUT2D eigenvalue weighted by Gasteiger charge is -2.22. The number of hydrogen-bond acceptors (Lipinski definition) is 4. The van der Waals surface area contributed by atoms with E-state index in [1.165, 1.54) is 12.8 Å². The molecule has 1 aromatic carbocycles. The van der Waals surface area contributed by atoms with Gasteiger partial charge < -0.3 is 20.3 Å². The second-order valence-electron chi connectivity index (χ2n) is 6.93. The highest BCUT2D eigenvalue weighted by atomic mass is 16.5. The maximum atomic E-state index is 12.3. The Morgan fingerprint density at radius 2 is 2.08 bits per heavy atom. The molecule has 5 nitrogen and oxygen atoms in total. The van der Waals surface area contributed by atoms with E-state index in [4.69, 9.17) is 4.74 Å². The van der Waals surface area contributed by atoms with Crippen molar-refractivity contribution < 1.29 is 9.53 Å². The molecule has 0 unspecified atom stereocenters. The van der Waals surface area contributed by atoms with E-state index < -0.39 is 0 Å². The van der Waals surface area contributed by atoms with Crippen LogP contribution in [-0.2, 0) is 4.79 Å². The first kappa shape index (κ1) is 18.7. The van der Waals surface area contributed by atoms with Gasteiger partial charge in [0.2, 0.25) is 5.91 Å². The largest absolute Gasteiger partial charge is 0.490 e. The van der Waals surface area contributed by atoms with Gasteiger partial charge >= 0.3 is 0 Å². The van der Waals surface area contributed by atoms with Gasteiger partial charge in [-0.3, -0.25) is 4.79 Å². The maximum absolute atomic E-state index is 12.3. The summed E-state index contributed by atoms with van der Waals surface area (Å²) in [5, 5.41) is 6.38. The summed E-state index contributed by atoms with van der Waals surface area (Å²) in [6.45, 7) is 5.63. The number of piperidine rings is 1. The highest BCUT2D eigenvalue weighted by molar-refractivity contribution is 5.92. The Morgan fingerprint density at radius 3 is 2.79 bits per heavy atom. The lowest BCUT2D eigenvalue weighted by atomic mass is 9.93. The van der Waals surface area contributed by atoms with Crippen LogP contribution in [-0.4, -0.2) is 51.1 Å². The van der Waals surface area contributed by atoms with Crippen molar-refractivity contribution in [3.05, 3.63) is 23.8 Å². The van der Waals surface area contributed by atoms with E-state index >= 15 is 0 Å². The molecule has 1 fully saturated rings. The molecule has 1 aromatic rings. The van der Waals surface area contributed by atoms with E-state index in [0.29, 0.717) is 18.9 Å². The van der Waals surface area contributed by atoms with Gasteiger partial charge in [0.1, 0.15) is 12.4 Å². The lowest BCUT2D eigenvalue weighted by Crippen LogP contribution is -2.28. The van der Waals surface area contributed by atoms with Crippen LogP contribution in [0.2, 0.25) is 0 Å². The quantitative estimate of drug-likeness (QED) is 0.768. The van der Waals surface area contributed by atoms with Crippen LogP contribution in [0.3, 0.4) is 0 Å². The van der Waals surface area contributed by atoms with Crippen LogP contribution < -0.4 is 15.4 Å². The number of ether oxygens (including phenoxy) is 1. The Hall–Kier alpha value is -1.59. The molecule has 1 aliphatic heterocycles. The average Bonchev–Trinajstić information content (AvgIpc) is 2.56. The molecule has 5 heteroatoms. The number of aryl methyl sites for hydroxylation is 1. The van der Waals surface area contributed by atoms with Crippen LogP contribution in [0.15, 0.2) is 18.2 Å². The van der Waals surface area contributed by atoms with Gasteiger partial charge in [0.15, 0.2) is 0 Å². The molecule has 1 heterocycles. The fourth-order valence-electron chi connectivity index (χ4n) is 2.91. The van der Waals surface area contributed by atoms with Crippen molar-refractivity contribution in [2.45, 2.75) is 32.6 Å². The van der Waals surface area contributed by atoms with E-state index in [2.05, 4.69) is 15.5 Å². The van der Waals surface area contributed by atoms with Gasteiger partial charge in [-0.25, -0.2) is 0 Å². The molecule has 1 saturated heterocycles. The SMILES string of the molecule is Cc1ccc(NC(=O)CCC2CCNCC2)c(OCCN(C)C)c1. The molecule has 134 valence electrons. The number of carbonyl (C=O) groups is 1. The van der Waals surface area contributed by atoms with E-state index in [0.717, 1.165) is 43.1 Å². The highest BCUT2D eigenvalue weighted by Gasteiger charge is 2.15. The van der Waals surface area contributed by atoms with Crippen LogP contribution >= 0.6 is 0 Å². The molecular formula is C19H31N3O2. The highest BCUT2D eigenvalue weighted by Crippen LogP contribution is 2.26. The summed E-state index contributed by atoms with van der Waals surface area (Å²) in [5.41, 5.74) is 1.90. The number of carbonyl (C=O) groups excluding carboxylic acids is 1. The van der Waals surface area contributed by atoms with Crippen molar-refractivity contribution in [1.82, 2.24) is 10.2 Å². The third kappa shape index (κ3) is 6.49. The summed E-state index contributed by atoms with van der Waals surface area (Å²) in [6.07, 6.45) is 3.90. The maximum Gasteiger partial charge on any atom is 0.224 e. The second-order valence-corrected chi connectivity index (χ2v) is 6.93. The Labute approximate surface area is 145 Å². The van der Waals surface area contributed by atoms with Crippen molar-refractivity contribution in [1.29, 1.82) is 0 Å². The first-order chi connectivity index (χ1) is 11.5. The number of amides is 1. The van der Waals surface area contributed by atoms with Crippen molar-refractivity contribution in [2.75, 3.05) is 45.7 Å². The second kappa shape index (κ2) is 9.64. The predicted molar refractivity (Wildman–Crippen MR) is 98.7 cm³/mol. The molecule has 2 rings (SSSR count). The lowest BCUT2D eigenvalue weighted by molar-refractivity contribution is -0.116. The van der Waals surface area contributed by atoms with Crippen molar-refractivity contribution >= 4 is 11.6 Å². The van der Waals surface area contributed by atoms with E-state index in [1.54, 1.807) is 0 Å². The van der Waals surface area contributed by atoms with Crippen molar-refractivity contribution in [2.24, 2.45) is 5.92 Å². The fourth-order valence-corrected chi connectivity index (χ4v) is 2.91. The van der Waals surface area contributed by atoms with Crippen LogP contribution in [0, 0.1) is 12.8 Å². The number of hydrogen-bond donors (Lipinski definition) is 2. The van der Waals surface area contributed by atoms with Crippen LogP contribution in [0.25, 0.3) is 0 Å². The van der Waals surface area contributed by atoms with Gasteiger partial charge in [-0.2, -0.15) is 0 Å². The Kier molecular flexibility index (Phi) is 7.53. The minimum Gasteiger partial charge on any atom is -0.490 e. The van der Waals surface area contributed by atoms with E-state index in [1.807, 2.05) is 39.2 Å². The van der Waals surface area contributed by atoms with Crippen LogP contribution in [0.4, 0.5) is 5.69 Å². The number of anilines is 1. The zero-order valence-corrected chi connectivity index (χ0v) is 15.2. The Morgan fingerprint density at radius 1 is 1.33 bits per heavy atom. The van der Waals surface area contributed by atoms with Crippen molar-refractivity contribution in [3.8, 4) is 5.75 Å². The number of likely N-dealkylation sites (N-methyl/N-ethyl adjacent to an activating group) is 1. The molecule has 0 atom stereocenters. The first-order valence-electron chi connectivity index (χ1n) is 8.93. The third-order valence-corrected chi connectivity index (χ3v) is 4.45. The molecule has 0 saturated carbocycles. The molecular weight excluding hydrogens is 302 g/mol. The smallest absolute Gasteiger partial charge is 0.224 e. The minimum absolute atomic E-state index is 0.0786. The summed E-state index contributed by atoms with van der Waals surface area (Å²) in [7, 11) is 4.03. The number of nitrogens with one attached hydrogen (secondary N) is 2. The van der Waals surface area contributed by atoms with Crippen molar-refractivity contribution in [3.63, 3.8) is 0 Å². The molecule has 24 heavy (non-hydrogen) atoms. The van der Waals surface area contributed by atoms with E-state index in [-0.39, 0.29) is 5.91 Å². The van der Waals surface area contributed by atoms with Crippen LogP contribution in [0.1, 0.15) is 31.2 Å². The monoisotopic (exact) mass is 333 g/mol. The zero-order chi connectivity index (χ0) is 17.4. The summed E-state index contributed by atoms with van der Waals surface area (Å²) < 4.78 is 5.86. The number of nitrogens with zero attached hydrogens (tertiary/aromatic N) is 1. The van der Waals surface area contributed by atoms with Gasteiger partial charge in [0.25, 0.3) is 0 Å². The summed E-state index contributed by atoms with van der Waals surface area (Å²) in [6, 6.07) is 5.92. The molecule has 0 radical (unpaired) electrons. The molecule has 1 aliphatic rings. The van der Waals surface area contributed by atoms with E-state index in [9.17, 15) is 4.79 Å². The normalized spacial score (nSPS) is 15.5. The first-order valence-corrected chi connectivity index (χ1v) is 8.93. The number of benzene rings is 1. The predicted octanol–water partition coefficient (Wildman–Crippen LogP) is 2.65. The summed E-state index contributed by atoms with van der Waals surface area (Å²) >= 11 is 0. The molecule has 0 bridgehead atoms. The van der Waals surface area contributed by atoms with Gasteiger partial charge in [0, 0.05) is 13.0 Å². The molecule has 0 aromatic heterocycles. The zero-order valence-electron chi connectivity index (χ0n) is 15.2. The minimum atomic E-state index is 0.0786. The van der Waals surface area contributed by atoms with Crippen LogP contribution in [0.5, 0.6) is 5.75 Å².